The minimum absolute atomic E-state index is 0.254. The van der Waals surface area contributed by atoms with Gasteiger partial charge in [-0.15, -0.1) is 0 Å². The molecule has 1 aromatic carbocycles. The molecular weight excluding hydrogens is 219 g/mol. The molecule has 1 fully saturated rings. The first kappa shape index (κ1) is 10.5. The van der Waals surface area contributed by atoms with Crippen LogP contribution in [0.15, 0.2) is 34.9 Å². The Kier molecular flexibility index (Phi) is 2.65. The van der Waals surface area contributed by atoms with Gasteiger partial charge in [-0.1, -0.05) is 17.3 Å². The van der Waals surface area contributed by atoms with Crippen molar-refractivity contribution in [2.24, 2.45) is 0 Å². The van der Waals surface area contributed by atoms with Crippen LogP contribution in [-0.2, 0) is 0 Å². The fraction of sp³-hybridized carbons (Fsp3) is 0.308. The highest BCUT2D eigenvalue weighted by molar-refractivity contribution is 5.58. The first-order valence-electron chi connectivity index (χ1n) is 5.79. The molecule has 1 aliphatic rings. The van der Waals surface area contributed by atoms with Crippen LogP contribution >= 0.6 is 0 Å². The van der Waals surface area contributed by atoms with Gasteiger partial charge in [-0.05, 0) is 31.5 Å². The molecule has 1 saturated heterocycles. The third-order valence-corrected chi connectivity index (χ3v) is 3.05. The van der Waals surface area contributed by atoms with E-state index in [4.69, 9.17) is 4.52 Å². The highest BCUT2D eigenvalue weighted by Crippen LogP contribution is 2.27. The monoisotopic (exact) mass is 232 g/mol. The molecule has 0 saturated carbocycles. The number of nitrogens with one attached hydrogen (secondary N) is 1. The molecule has 88 valence electrons. The van der Waals surface area contributed by atoms with Crippen LogP contribution in [0.5, 0.6) is 0 Å². The van der Waals surface area contributed by atoms with E-state index in [-0.39, 0.29) is 11.9 Å². The average Bonchev–Trinajstić information content (AvgIpc) is 3.00. The Labute approximate surface area is 98.6 Å². The highest BCUT2D eigenvalue weighted by Gasteiger charge is 2.20. The zero-order chi connectivity index (χ0) is 11.7. The third-order valence-electron chi connectivity index (χ3n) is 3.05. The van der Waals surface area contributed by atoms with Gasteiger partial charge in [-0.3, -0.25) is 0 Å². The SMILES string of the molecule is Fc1cccc(-c2cc([C@H]3CCCN3)on2)c1. The Balaban J connectivity index is 1.89. The zero-order valence-corrected chi connectivity index (χ0v) is 9.32. The largest absolute Gasteiger partial charge is 0.359 e. The lowest BCUT2D eigenvalue weighted by Gasteiger charge is -2.02. The second-order valence-electron chi connectivity index (χ2n) is 4.27. The summed E-state index contributed by atoms with van der Waals surface area (Å²) < 4.78 is 18.4. The maximum absolute atomic E-state index is 13.1. The van der Waals surface area contributed by atoms with E-state index in [0.29, 0.717) is 5.69 Å². The molecule has 0 bridgehead atoms. The van der Waals surface area contributed by atoms with Gasteiger partial charge in [0.15, 0.2) is 5.76 Å². The zero-order valence-electron chi connectivity index (χ0n) is 9.32. The number of aromatic nitrogens is 1. The molecule has 2 heterocycles. The number of halogens is 1. The molecule has 1 N–H and O–H groups in total. The summed E-state index contributed by atoms with van der Waals surface area (Å²) in [6, 6.07) is 8.52. The van der Waals surface area contributed by atoms with Crippen LogP contribution < -0.4 is 5.32 Å². The lowest BCUT2D eigenvalue weighted by atomic mass is 10.1. The Morgan fingerprint density at radius 1 is 1.35 bits per heavy atom. The fourth-order valence-corrected chi connectivity index (χ4v) is 2.16. The summed E-state index contributed by atoms with van der Waals surface area (Å²) in [6.07, 6.45) is 2.22. The van der Waals surface area contributed by atoms with Crippen LogP contribution in [0, 0.1) is 5.82 Å². The van der Waals surface area contributed by atoms with Gasteiger partial charge in [0, 0.05) is 11.6 Å². The second-order valence-corrected chi connectivity index (χ2v) is 4.27. The molecule has 3 rings (SSSR count). The summed E-state index contributed by atoms with van der Waals surface area (Å²) in [7, 11) is 0. The van der Waals surface area contributed by atoms with E-state index in [2.05, 4.69) is 10.5 Å². The van der Waals surface area contributed by atoms with Crippen LogP contribution in [0.2, 0.25) is 0 Å². The maximum atomic E-state index is 13.1. The lowest BCUT2D eigenvalue weighted by Crippen LogP contribution is -2.11. The summed E-state index contributed by atoms with van der Waals surface area (Å²) in [5, 5.41) is 7.33. The van der Waals surface area contributed by atoms with E-state index in [1.807, 2.05) is 12.1 Å². The molecule has 4 heteroatoms. The number of hydrogen-bond acceptors (Lipinski definition) is 3. The van der Waals surface area contributed by atoms with E-state index < -0.39 is 0 Å². The summed E-state index contributed by atoms with van der Waals surface area (Å²) in [6.45, 7) is 1.01. The van der Waals surface area contributed by atoms with Gasteiger partial charge in [0.2, 0.25) is 0 Å². The summed E-state index contributed by atoms with van der Waals surface area (Å²) >= 11 is 0. The maximum Gasteiger partial charge on any atom is 0.154 e. The van der Waals surface area contributed by atoms with Gasteiger partial charge in [-0.25, -0.2) is 4.39 Å². The molecule has 3 nitrogen and oxygen atoms in total. The number of hydrogen-bond donors (Lipinski definition) is 1. The third kappa shape index (κ3) is 2.08. The Hall–Kier alpha value is -1.68. The number of benzene rings is 1. The second kappa shape index (κ2) is 4.30. The van der Waals surface area contributed by atoms with Crippen molar-refractivity contribution >= 4 is 0 Å². The first-order valence-corrected chi connectivity index (χ1v) is 5.79. The average molecular weight is 232 g/mol. The normalized spacial score (nSPS) is 19.7. The van der Waals surface area contributed by atoms with Crippen molar-refractivity contribution in [3.05, 3.63) is 41.9 Å². The molecule has 0 spiro atoms. The molecule has 0 aliphatic carbocycles. The standard InChI is InChI=1S/C13H13FN2O/c14-10-4-1-3-9(7-10)12-8-13(17-16-12)11-5-2-6-15-11/h1,3-4,7-8,11,15H,2,5-6H2/t11-/m1/s1. The van der Waals surface area contributed by atoms with Gasteiger partial charge in [0.25, 0.3) is 0 Å². The Morgan fingerprint density at radius 3 is 3.06 bits per heavy atom. The summed E-state index contributed by atoms with van der Waals surface area (Å²) in [5.74, 6) is 0.577. The van der Waals surface area contributed by atoms with Crippen molar-refractivity contribution < 1.29 is 8.91 Å². The molecule has 0 unspecified atom stereocenters. The number of rotatable bonds is 2. The molecule has 1 aliphatic heterocycles. The molecule has 17 heavy (non-hydrogen) atoms. The quantitative estimate of drug-likeness (QED) is 0.865. The van der Waals surface area contributed by atoms with Gasteiger partial charge in [-0.2, -0.15) is 0 Å². The molecule has 0 radical (unpaired) electrons. The van der Waals surface area contributed by atoms with E-state index in [9.17, 15) is 4.39 Å². The van der Waals surface area contributed by atoms with Crippen LogP contribution in [0.1, 0.15) is 24.6 Å². The van der Waals surface area contributed by atoms with Crippen LogP contribution in [0.4, 0.5) is 4.39 Å². The lowest BCUT2D eigenvalue weighted by molar-refractivity contribution is 0.353. The summed E-state index contributed by atoms with van der Waals surface area (Å²) in [4.78, 5) is 0. The van der Waals surface area contributed by atoms with Crippen molar-refractivity contribution in [1.82, 2.24) is 10.5 Å². The van der Waals surface area contributed by atoms with Crippen molar-refractivity contribution in [3.8, 4) is 11.3 Å². The van der Waals surface area contributed by atoms with E-state index in [1.165, 1.54) is 12.1 Å². The van der Waals surface area contributed by atoms with Crippen molar-refractivity contribution in [3.63, 3.8) is 0 Å². The molecule has 1 aromatic heterocycles. The molecule has 2 aromatic rings. The Bertz CT molecular complexity index is 518. The van der Waals surface area contributed by atoms with Crippen LogP contribution in [0.25, 0.3) is 11.3 Å². The van der Waals surface area contributed by atoms with E-state index in [0.717, 1.165) is 30.7 Å². The van der Waals surface area contributed by atoms with Crippen LogP contribution in [0.3, 0.4) is 0 Å². The molecule has 1 atom stereocenters. The van der Waals surface area contributed by atoms with Crippen molar-refractivity contribution in [2.45, 2.75) is 18.9 Å². The first-order chi connectivity index (χ1) is 8.33. The van der Waals surface area contributed by atoms with Gasteiger partial charge in [0.05, 0.1) is 6.04 Å². The minimum Gasteiger partial charge on any atom is -0.359 e. The van der Waals surface area contributed by atoms with Crippen molar-refractivity contribution in [1.29, 1.82) is 0 Å². The smallest absolute Gasteiger partial charge is 0.154 e. The molecular formula is C13H13FN2O. The predicted molar refractivity (Wildman–Crippen MR) is 61.9 cm³/mol. The molecule has 0 amide bonds. The predicted octanol–water partition coefficient (Wildman–Crippen LogP) is 2.91. The van der Waals surface area contributed by atoms with Crippen LogP contribution in [-0.4, -0.2) is 11.7 Å². The Morgan fingerprint density at radius 2 is 2.29 bits per heavy atom. The van der Waals surface area contributed by atoms with E-state index in [1.54, 1.807) is 6.07 Å². The van der Waals surface area contributed by atoms with Gasteiger partial charge >= 0.3 is 0 Å². The van der Waals surface area contributed by atoms with Gasteiger partial charge in [0.1, 0.15) is 11.5 Å². The van der Waals surface area contributed by atoms with E-state index >= 15 is 0 Å². The highest BCUT2D eigenvalue weighted by atomic mass is 19.1. The topological polar surface area (TPSA) is 38.1 Å². The fourth-order valence-electron chi connectivity index (χ4n) is 2.16. The van der Waals surface area contributed by atoms with Crippen molar-refractivity contribution in [2.75, 3.05) is 6.54 Å². The minimum atomic E-state index is -0.258. The summed E-state index contributed by atoms with van der Waals surface area (Å²) in [5.41, 5.74) is 1.44. The van der Waals surface area contributed by atoms with Gasteiger partial charge < -0.3 is 9.84 Å². The number of nitrogens with zero attached hydrogens (tertiary/aromatic N) is 1.